The normalized spacial score (nSPS) is 11.6. The molecule has 0 saturated heterocycles. The predicted molar refractivity (Wildman–Crippen MR) is 105 cm³/mol. The van der Waals surface area contributed by atoms with Gasteiger partial charge in [0.25, 0.3) is 5.91 Å². The van der Waals surface area contributed by atoms with Gasteiger partial charge < -0.3 is 4.42 Å². The summed E-state index contributed by atoms with van der Waals surface area (Å²) in [5.74, 6) is -0.181. The molecule has 0 spiro atoms. The van der Waals surface area contributed by atoms with Gasteiger partial charge in [-0.1, -0.05) is 12.0 Å². The van der Waals surface area contributed by atoms with Crippen LogP contribution in [0.4, 0.5) is 6.01 Å². The molecule has 0 aliphatic heterocycles. The number of carbonyl (C=O) groups is 1. The summed E-state index contributed by atoms with van der Waals surface area (Å²) in [6.45, 7) is 1.59. The number of nitrogens with zero attached hydrogens (tertiary/aromatic N) is 3. The maximum absolute atomic E-state index is 12.4. The molecule has 28 heavy (non-hydrogen) atoms. The fourth-order valence-corrected chi connectivity index (χ4v) is 4.13. The number of amides is 1. The summed E-state index contributed by atoms with van der Waals surface area (Å²) in [6.07, 6.45) is 0. The Labute approximate surface area is 164 Å². The molecule has 4 rings (SSSR count). The number of carbonyl (C=O) groups excluding carboxylic acids is 1. The molecule has 0 radical (unpaired) electrons. The SMILES string of the molecule is CCS(=O)(=O)c1ccc(-c2nnc(NC(=O)c3ccc4ncsc4c3)o2)cc1. The van der Waals surface area contributed by atoms with E-state index in [1.807, 2.05) is 0 Å². The number of hydrogen-bond donors (Lipinski definition) is 1. The third kappa shape index (κ3) is 3.51. The van der Waals surface area contributed by atoms with E-state index in [1.165, 1.54) is 23.5 Å². The van der Waals surface area contributed by atoms with E-state index < -0.39 is 9.84 Å². The van der Waals surface area contributed by atoms with E-state index >= 15 is 0 Å². The molecule has 0 fully saturated rings. The zero-order chi connectivity index (χ0) is 19.7. The number of benzene rings is 2. The molecule has 2 heterocycles. The standard InChI is InChI=1S/C18H14N4O4S2/c1-2-28(24,25)13-6-3-11(4-7-13)17-21-22-18(26-17)20-16(23)12-5-8-14-15(9-12)27-10-19-14/h3-10H,2H2,1H3,(H,20,22,23). The number of anilines is 1. The predicted octanol–water partition coefficient (Wildman–Crippen LogP) is 3.39. The van der Waals surface area contributed by atoms with Gasteiger partial charge in [0.1, 0.15) is 0 Å². The first-order valence-corrected chi connectivity index (χ1v) is 10.8. The monoisotopic (exact) mass is 414 g/mol. The Morgan fingerprint density at radius 1 is 1.14 bits per heavy atom. The minimum absolute atomic E-state index is 0.0242. The van der Waals surface area contributed by atoms with Crippen LogP contribution in [0.25, 0.3) is 21.7 Å². The van der Waals surface area contributed by atoms with E-state index in [4.69, 9.17) is 4.42 Å². The third-order valence-corrected chi connectivity index (χ3v) is 6.62. The Morgan fingerprint density at radius 3 is 2.68 bits per heavy atom. The largest absolute Gasteiger partial charge is 0.403 e. The van der Waals surface area contributed by atoms with Gasteiger partial charge in [-0.25, -0.2) is 13.4 Å². The van der Waals surface area contributed by atoms with Gasteiger partial charge >= 0.3 is 6.01 Å². The lowest BCUT2D eigenvalue weighted by molar-refractivity contribution is 0.102. The van der Waals surface area contributed by atoms with E-state index in [-0.39, 0.29) is 28.5 Å². The first-order chi connectivity index (χ1) is 13.5. The van der Waals surface area contributed by atoms with Gasteiger partial charge in [-0.2, -0.15) is 0 Å². The molecule has 1 N–H and O–H groups in total. The van der Waals surface area contributed by atoms with Crippen LogP contribution in [0.15, 0.2) is 57.3 Å². The van der Waals surface area contributed by atoms with Crippen LogP contribution in [0.2, 0.25) is 0 Å². The van der Waals surface area contributed by atoms with Crippen LogP contribution in [0.5, 0.6) is 0 Å². The molecule has 0 unspecified atom stereocenters. The molecule has 1 amide bonds. The number of thiazole rings is 1. The first kappa shape index (κ1) is 18.3. The highest BCUT2D eigenvalue weighted by Gasteiger charge is 2.15. The van der Waals surface area contributed by atoms with Crippen molar-refractivity contribution in [2.75, 3.05) is 11.1 Å². The zero-order valence-electron chi connectivity index (χ0n) is 14.6. The molecule has 0 bridgehead atoms. The van der Waals surface area contributed by atoms with Gasteiger partial charge in [0.15, 0.2) is 9.84 Å². The molecule has 0 saturated carbocycles. The van der Waals surface area contributed by atoms with Crippen molar-refractivity contribution in [1.29, 1.82) is 0 Å². The molecule has 0 aliphatic rings. The van der Waals surface area contributed by atoms with Gasteiger partial charge in [-0.05, 0) is 42.5 Å². The average Bonchev–Trinajstić information content (AvgIpc) is 3.36. The Kier molecular flexibility index (Phi) is 4.65. The lowest BCUT2D eigenvalue weighted by Gasteiger charge is -2.02. The van der Waals surface area contributed by atoms with Crippen molar-refractivity contribution in [3.8, 4) is 11.5 Å². The fraction of sp³-hybridized carbons (Fsp3) is 0.111. The van der Waals surface area contributed by atoms with E-state index in [9.17, 15) is 13.2 Å². The van der Waals surface area contributed by atoms with Gasteiger partial charge in [0.05, 0.1) is 26.4 Å². The first-order valence-electron chi connectivity index (χ1n) is 8.27. The zero-order valence-corrected chi connectivity index (χ0v) is 16.3. The van der Waals surface area contributed by atoms with Gasteiger partial charge in [-0.3, -0.25) is 10.1 Å². The summed E-state index contributed by atoms with van der Waals surface area (Å²) in [5.41, 5.74) is 3.54. The van der Waals surface area contributed by atoms with Crippen molar-refractivity contribution in [2.24, 2.45) is 0 Å². The van der Waals surface area contributed by atoms with Crippen molar-refractivity contribution in [1.82, 2.24) is 15.2 Å². The van der Waals surface area contributed by atoms with Crippen LogP contribution in [-0.4, -0.2) is 35.3 Å². The Morgan fingerprint density at radius 2 is 1.93 bits per heavy atom. The summed E-state index contributed by atoms with van der Waals surface area (Å²) in [4.78, 5) is 16.8. The van der Waals surface area contributed by atoms with Gasteiger partial charge in [0.2, 0.25) is 5.89 Å². The molecule has 10 heteroatoms. The van der Waals surface area contributed by atoms with Crippen LogP contribution < -0.4 is 5.32 Å². The van der Waals surface area contributed by atoms with Crippen molar-refractivity contribution in [2.45, 2.75) is 11.8 Å². The minimum Gasteiger partial charge on any atom is -0.403 e. The highest BCUT2D eigenvalue weighted by atomic mass is 32.2. The number of hydrogen-bond acceptors (Lipinski definition) is 8. The molecule has 2 aromatic carbocycles. The number of fused-ring (bicyclic) bond motifs is 1. The van der Waals surface area contributed by atoms with Crippen LogP contribution in [0.1, 0.15) is 17.3 Å². The maximum Gasteiger partial charge on any atom is 0.322 e. The topological polar surface area (TPSA) is 115 Å². The van der Waals surface area contributed by atoms with Gasteiger partial charge in [-0.15, -0.1) is 16.4 Å². The smallest absolute Gasteiger partial charge is 0.322 e. The van der Waals surface area contributed by atoms with Crippen LogP contribution in [0.3, 0.4) is 0 Å². The molecular weight excluding hydrogens is 400 g/mol. The van der Waals surface area contributed by atoms with Crippen molar-refractivity contribution < 1.29 is 17.6 Å². The summed E-state index contributed by atoms with van der Waals surface area (Å²) < 4.78 is 30.1. The van der Waals surface area contributed by atoms with Crippen LogP contribution in [-0.2, 0) is 9.84 Å². The number of aromatic nitrogens is 3. The quantitative estimate of drug-likeness (QED) is 0.532. The van der Waals surface area contributed by atoms with E-state index in [0.717, 1.165) is 10.2 Å². The fourth-order valence-electron chi connectivity index (χ4n) is 2.53. The lowest BCUT2D eigenvalue weighted by Crippen LogP contribution is -2.11. The van der Waals surface area contributed by atoms with Crippen molar-refractivity contribution in [3.05, 3.63) is 53.5 Å². The summed E-state index contributed by atoms with van der Waals surface area (Å²) in [7, 11) is -3.28. The second kappa shape index (κ2) is 7.13. The summed E-state index contributed by atoms with van der Waals surface area (Å²) in [6, 6.07) is 11.3. The lowest BCUT2D eigenvalue weighted by atomic mass is 10.2. The second-order valence-corrected chi connectivity index (χ2v) is 8.99. The Bertz CT molecular complexity index is 1260. The Hall–Kier alpha value is -3.11. The summed E-state index contributed by atoms with van der Waals surface area (Å²) in [5, 5.41) is 10.3. The van der Waals surface area contributed by atoms with E-state index in [0.29, 0.717) is 11.1 Å². The summed E-state index contributed by atoms with van der Waals surface area (Å²) >= 11 is 1.45. The van der Waals surface area contributed by atoms with Gasteiger partial charge in [0, 0.05) is 11.1 Å². The van der Waals surface area contributed by atoms with Crippen molar-refractivity contribution >= 4 is 43.3 Å². The van der Waals surface area contributed by atoms with Crippen molar-refractivity contribution in [3.63, 3.8) is 0 Å². The molecule has 0 aliphatic carbocycles. The van der Waals surface area contributed by atoms with E-state index in [2.05, 4.69) is 20.5 Å². The van der Waals surface area contributed by atoms with Crippen LogP contribution >= 0.6 is 11.3 Å². The molecule has 0 atom stereocenters. The number of rotatable bonds is 5. The molecule has 8 nitrogen and oxygen atoms in total. The number of sulfone groups is 1. The molecule has 2 aromatic heterocycles. The highest BCUT2D eigenvalue weighted by molar-refractivity contribution is 7.91. The highest BCUT2D eigenvalue weighted by Crippen LogP contribution is 2.23. The molecule has 4 aromatic rings. The molecule has 142 valence electrons. The van der Waals surface area contributed by atoms with Crippen LogP contribution in [0, 0.1) is 0 Å². The van der Waals surface area contributed by atoms with E-state index in [1.54, 1.807) is 42.8 Å². The third-order valence-electron chi connectivity index (χ3n) is 4.08. The second-order valence-electron chi connectivity index (χ2n) is 5.83. The number of nitrogens with one attached hydrogen (secondary N) is 1. The maximum atomic E-state index is 12.4. The molecular formula is C18H14N4O4S2. The Balaban J connectivity index is 1.51. The minimum atomic E-state index is -3.28. The average molecular weight is 414 g/mol.